The molecule has 2 aromatic heterocycles. The zero-order chi connectivity index (χ0) is 16.1. The molecule has 0 aliphatic carbocycles. The van der Waals surface area contributed by atoms with Crippen molar-refractivity contribution >= 4 is 22.4 Å². The summed E-state index contributed by atoms with van der Waals surface area (Å²) in [5.41, 5.74) is 1.70. The van der Waals surface area contributed by atoms with Gasteiger partial charge in [0.25, 0.3) is 5.91 Å². The predicted octanol–water partition coefficient (Wildman–Crippen LogP) is 3.61. The van der Waals surface area contributed by atoms with E-state index in [0.717, 1.165) is 11.3 Å². The zero-order valence-corrected chi connectivity index (χ0v) is 13.3. The summed E-state index contributed by atoms with van der Waals surface area (Å²) in [5, 5.41) is 5.20. The van der Waals surface area contributed by atoms with Gasteiger partial charge in [-0.1, -0.05) is 18.2 Å². The molecule has 5 nitrogen and oxygen atoms in total. The fourth-order valence-corrected chi connectivity index (χ4v) is 2.66. The van der Waals surface area contributed by atoms with Crippen molar-refractivity contribution in [3.05, 3.63) is 60.2 Å². The molecule has 6 heteroatoms. The minimum Gasteiger partial charge on any atom is -0.481 e. The minimum atomic E-state index is -0.608. The summed E-state index contributed by atoms with van der Waals surface area (Å²) in [7, 11) is 0. The summed E-state index contributed by atoms with van der Waals surface area (Å²) in [6.07, 6.45) is 2.84. The number of hydrogen-bond donors (Lipinski definition) is 1. The van der Waals surface area contributed by atoms with Gasteiger partial charge in [-0.3, -0.25) is 15.1 Å². The molecule has 0 bridgehead atoms. The molecule has 2 heterocycles. The summed E-state index contributed by atoms with van der Waals surface area (Å²) < 4.78 is 5.59. The van der Waals surface area contributed by atoms with Crippen LogP contribution in [0.15, 0.2) is 60.2 Å². The number of carbonyl (C=O) groups is 1. The van der Waals surface area contributed by atoms with Crippen molar-refractivity contribution in [2.45, 2.75) is 13.0 Å². The number of carbonyl (C=O) groups excluding carboxylic acids is 1. The second-order valence-electron chi connectivity index (χ2n) is 4.84. The molecular weight excluding hydrogens is 310 g/mol. The molecule has 0 fully saturated rings. The van der Waals surface area contributed by atoms with Crippen LogP contribution in [0.4, 0.5) is 5.13 Å². The van der Waals surface area contributed by atoms with E-state index in [2.05, 4.69) is 15.3 Å². The van der Waals surface area contributed by atoms with Crippen molar-refractivity contribution in [3.63, 3.8) is 0 Å². The van der Waals surface area contributed by atoms with Gasteiger partial charge >= 0.3 is 0 Å². The fraction of sp³-hybridized carbons (Fsp3) is 0.118. The summed E-state index contributed by atoms with van der Waals surface area (Å²) in [4.78, 5) is 20.6. The molecule has 23 heavy (non-hydrogen) atoms. The van der Waals surface area contributed by atoms with Gasteiger partial charge in [0.15, 0.2) is 11.2 Å². The molecule has 0 saturated carbocycles. The maximum absolute atomic E-state index is 12.2. The number of aromatic nitrogens is 2. The quantitative estimate of drug-likeness (QED) is 0.778. The lowest BCUT2D eigenvalue weighted by Crippen LogP contribution is -2.30. The monoisotopic (exact) mass is 325 g/mol. The number of ether oxygens (including phenoxy) is 1. The minimum absolute atomic E-state index is 0.235. The number of nitrogens with one attached hydrogen (secondary N) is 1. The van der Waals surface area contributed by atoms with E-state index in [1.54, 1.807) is 19.3 Å². The van der Waals surface area contributed by atoms with Gasteiger partial charge in [-0.15, -0.1) is 11.3 Å². The number of benzene rings is 1. The van der Waals surface area contributed by atoms with E-state index in [-0.39, 0.29) is 5.91 Å². The lowest BCUT2D eigenvalue weighted by atomic mass is 10.2. The third kappa shape index (κ3) is 3.92. The lowest BCUT2D eigenvalue weighted by Gasteiger charge is -2.13. The van der Waals surface area contributed by atoms with E-state index in [9.17, 15) is 4.79 Å². The summed E-state index contributed by atoms with van der Waals surface area (Å²) in [6.45, 7) is 1.71. The molecule has 0 radical (unpaired) electrons. The average molecular weight is 325 g/mol. The maximum Gasteiger partial charge on any atom is 0.266 e. The number of nitrogens with zero attached hydrogens (tertiary/aromatic N) is 2. The van der Waals surface area contributed by atoms with Crippen LogP contribution in [-0.2, 0) is 4.79 Å². The van der Waals surface area contributed by atoms with Crippen LogP contribution in [0.2, 0.25) is 0 Å². The normalized spacial score (nSPS) is 11.7. The van der Waals surface area contributed by atoms with Gasteiger partial charge in [0.2, 0.25) is 0 Å². The number of para-hydroxylation sites is 1. The molecule has 0 aliphatic heterocycles. The van der Waals surface area contributed by atoms with Crippen molar-refractivity contribution in [2.24, 2.45) is 0 Å². The van der Waals surface area contributed by atoms with E-state index >= 15 is 0 Å². The summed E-state index contributed by atoms with van der Waals surface area (Å²) in [6, 6.07) is 13.0. The third-order valence-corrected chi connectivity index (χ3v) is 3.87. The van der Waals surface area contributed by atoms with E-state index in [0.29, 0.717) is 10.9 Å². The van der Waals surface area contributed by atoms with E-state index in [1.807, 2.05) is 47.8 Å². The molecule has 0 saturated heterocycles. The first-order valence-corrected chi connectivity index (χ1v) is 7.99. The Kier molecular flexibility index (Phi) is 4.63. The van der Waals surface area contributed by atoms with E-state index in [1.165, 1.54) is 11.3 Å². The van der Waals surface area contributed by atoms with Crippen LogP contribution < -0.4 is 10.1 Å². The molecule has 1 atom stereocenters. The Morgan fingerprint density at radius 2 is 2.04 bits per heavy atom. The molecule has 1 unspecified atom stereocenters. The molecule has 116 valence electrons. The predicted molar refractivity (Wildman–Crippen MR) is 90.5 cm³/mol. The first-order valence-electron chi connectivity index (χ1n) is 7.11. The molecule has 0 aliphatic rings. The highest BCUT2D eigenvalue weighted by atomic mass is 32.1. The average Bonchev–Trinajstić information content (AvgIpc) is 3.05. The number of pyridine rings is 1. The Hall–Kier alpha value is -2.73. The highest BCUT2D eigenvalue weighted by Gasteiger charge is 2.16. The van der Waals surface area contributed by atoms with E-state index < -0.39 is 6.10 Å². The number of thiazole rings is 1. The van der Waals surface area contributed by atoms with Gasteiger partial charge in [0.1, 0.15) is 5.75 Å². The largest absolute Gasteiger partial charge is 0.481 e. The van der Waals surface area contributed by atoms with Crippen molar-refractivity contribution in [2.75, 3.05) is 5.32 Å². The summed E-state index contributed by atoms with van der Waals surface area (Å²) >= 11 is 1.37. The topological polar surface area (TPSA) is 64.1 Å². The highest BCUT2D eigenvalue weighted by Crippen LogP contribution is 2.24. The SMILES string of the molecule is CC(Oc1ccccc1)C(=O)Nc1nc(-c2cccnc2)cs1. The van der Waals surface area contributed by atoms with Crippen LogP contribution in [0, 0.1) is 0 Å². The highest BCUT2D eigenvalue weighted by molar-refractivity contribution is 7.14. The summed E-state index contributed by atoms with van der Waals surface area (Å²) in [5.74, 6) is 0.422. The first kappa shape index (κ1) is 15.2. The Bertz CT molecular complexity index is 775. The van der Waals surface area contributed by atoms with Gasteiger partial charge in [0.05, 0.1) is 5.69 Å². The maximum atomic E-state index is 12.2. The third-order valence-electron chi connectivity index (χ3n) is 3.12. The Balaban J connectivity index is 1.63. The Morgan fingerprint density at radius 3 is 2.78 bits per heavy atom. The van der Waals surface area contributed by atoms with Crippen LogP contribution in [-0.4, -0.2) is 22.0 Å². The van der Waals surface area contributed by atoms with Crippen molar-refractivity contribution < 1.29 is 9.53 Å². The lowest BCUT2D eigenvalue weighted by molar-refractivity contribution is -0.122. The van der Waals surface area contributed by atoms with Gasteiger partial charge < -0.3 is 4.74 Å². The first-order chi connectivity index (χ1) is 11.2. The van der Waals surface area contributed by atoms with Crippen molar-refractivity contribution in [1.29, 1.82) is 0 Å². The Labute approximate surface area is 138 Å². The zero-order valence-electron chi connectivity index (χ0n) is 12.5. The van der Waals surface area contributed by atoms with Crippen molar-refractivity contribution in [1.82, 2.24) is 9.97 Å². The van der Waals surface area contributed by atoms with Crippen LogP contribution >= 0.6 is 11.3 Å². The Morgan fingerprint density at radius 1 is 1.22 bits per heavy atom. The van der Waals surface area contributed by atoms with Gasteiger partial charge in [-0.25, -0.2) is 4.98 Å². The second-order valence-corrected chi connectivity index (χ2v) is 5.70. The number of hydrogen-bond acceptors (Lipinski definition) is 5. The van der Waals surface area contributed by atoms with Crippen LogP contribution in [0.5, 0.6) is 5.75 Å². The number of rotatable bonds is 5. The molecule has 1 aromatic carbocycles. The molecule has 0 spiro atoms. The van der Waals surface area contributed by atoms with Gasteiger partial charge in [-0.05, 0) is 31.2 Å². The smallest absolute Gasteiger partial charge is 0.266 e. The molecule has 3 rings (SSSR count). The van der Waals surface area contributed by atoms with Crippen LogP contribution in [0.3, 0.4) is 0 Å². The molecule has 3 aromatic rings. The fourth-order valence-electron chi connectivity index (χ4n) is 1.94. The number of amides is 1. The second kappa shape index (κ2) is 7.02. The standard InChI is InChI=1S/C17H15N3O2S/c1-12(22-14-7-3-2-4-8-14)16(21)20-17-19-15(11-23-17)13-6-5-9-18-10-13/h2-12H,1H3,(H,19,20,21). The van der Waals surface area contributed by atoms with Gasteiger partial charge in [0, 0.05) is 23.3 Å². The van der Waals surface area contributed by atoms with Crippen LogP contribution in [0.1, 0.15) is 6.92 Å². The van der Waals surface area contributed by atoms with Crippen molar-refractivity contribution in [3.8, 4) is 17.0 Å². The van der Waals surface area contributed by atoms with Crippen LogP contribution in [0.25, 0.3) is 11.3 Å². The number of anilines is 1. The van der Waals surface area contributed by atoms with E-state index in [4.69, 9.17) is 4.74 Å². The molecule has 1 N–H and O–H groups in total. The van der Waals surface area contributed by atoms with Gasteiger partial charge in [-0.2, -0.15) is 0 Å². The molecular formula is C17H15N3O2S. The molecule has 1 amide bonds.